The Balaban J connectivity index is 1.39. The number of amides is 2. The third-order valence-electron chi connectivity index (χ3n) is 8.87. The van der Waals surface area contributed by atoms with E-state index < -0.39 is 84.6 Å². The van der Waals surface area contributed by atoms with Crippen molar-refractivity contribution in [2.24, 2.45) is 5.41 Å². The second kappa shape index (κ2) is 25.5. The van der Waals surface area contributed by atoms with Gasteiger partial charge in [0.15, 0.2) is 17.7 Å². The van der Waals surface area contributed by atoms with Crippen molar-refractivity contribution < 1.29 is 80.5 Å². The number of nitrogens with two attached hydrogens (primary N) is 1. The van der Waals surface area contributed by atoms with Crippen molar-refractivity contribution >= 4 is 69.1 Å². The van der Waals surface area contributed by atoms with Crippen LogP contribution in [0, 0.1) is 5.41 Å². The topological polar surface area (TPSA) is 364 Å². The van der Waals surface area contributed by atoms with Crippen LogP contribution >= 0.6 is 35.2 Å². The number of thioether (sulfide) groups is 1. The number of carbonyl (C=O) groups is 3. The fraction of sp³-hybridized carbons (Fsp3) is 0.600. The third-order valence-corrected chi connectivity index (χ3v) is 12.8. The molecule has 10 N–H and O–H groups in total. The minimum absolute atomic E-state index is 0.0296. The average molecular weight is 972 g/mol. The Morgan fingerprint density at radius 3 is 2.40 bits per heavy atom. The summed E-state index contributed by atoms with van der Waals surface area (Å²) in [5.41, 5.74) is 4.26. The van der Waals surface area contributed by atoms with Crippen molar-refractivity contribution in [3.05, 3.63) is 49.1 Å². The molecule has 7 atom stereocenters. The molecule has 63 heavy (non-hydrogen) atoms. The summed E-state index contributed by atoms with van der Waals surface area (Å²) in [6.07, 6.45) is 10.8. The van der Waals surface area contributed by atoms with Gasteiger partial charge in [-0.25, -0.2) is 28.6 Å². The molecular formula is C35H56N7O17P3S. The lowest BCUT2D eigenvalue weighted by atomic mass is 9.87. The zero-order chi connectivity index (χ0) is 46.8. The molecule has 1 fully saturated rings. The number of aromatic nitrogens is 4. The maximum Gasteiger partial charge on any atom is 0.481 e. The van der Waals surface area contributed by atoms with Crippen LogP contribution in [0.15, 0.2) is 49.1 Å². The van der Waals surface area contributed by atoms with Gasteiger partial charge in [0.25, 0.3) is 0 Å². The number of rotatable bonds is 28. The number of ether oxygens (including phenoxy) is 1. The van der Waals surface area contributed by atoms with E-state index >= 15 is 0 Å². The van der Waals surface area contributed by atoms with Gasteiger partial charge in [0.2, 0.25) is 16.9 Å². The van der Waals surface area contributed by atoms with Crippen LogP contribution in [0.5, 0.6) is 0 Å². The van der Waals surface area contributed by atoms with Gasteiger partial charge in [0.05, 0.1) is 19.5 Å². The number of nitrogen functional groups attached to an aromatic ring is 1. The minimum Gasteiger partial charge on any atom is -0.386 e. The fourth-order valence-electron chi connectivity index (χ4n) is 5.58. The highest BCUT2D eigenvalue weighted by Crippen LogP contribution is 2.61. The number of allylic oxidation sites excluding steroid dienone is 5. The molecule has 0 aromatic carbocycles. The van der Waals surface area contributed by atoms with Gasteiger partial charge in [0.1, 0.15) is 36.3 Å². The maximum atomic E-state index is 12.7. The number of hydrogen-bond donors (Lipinski definition) is 9. The van der Waals surface area contributed by atoms with E-state index in [9.17, 15) is 57.9 Å². The third kappa shape index (κ3) is 19.0. The average Bonchev–Trinajstić information content (AvgIpc) is 3.76. The van der Waals surface area contributed by atoms with Gasteiger partial charge in [-0.15, -0.1) is 0 Å². The van der Waals surface area contributed by atoms with Gasteiger partial charge in [0, 0.05) is 30.7 Å². The highest BCUT2D eigenvalue weighted by molar-refractivity contribution is 8.14. The second-order valence-corrected chi connectivity index (χ2v) is 19.9. The molecular weight excluding hydrogens is 915 g/mol. The number of unbranched alkanes of at least 4 members (excludes halogenated alkanes) is 4. The molecule has 3 heterocycles. The highest BCUT2D eigenvalue weighted by Gasteiger charge is 2.50. The van der Waals surface area contributed by atoms with E-state index in [1.54, 1.807) is 6.08 Å². The highest BCUT2D eigenvalue weighted by atomic mass is 32.2. The molecule has 1 saturated heterocycles. The Hall–Kier alpha value is -3.22. The largest absolute Gasteiger partial charge is 0.481 e. The smallest absolute Gasteiger partial charge is 0.386 e. The van der Waals surface area contributed by atoms with E-state index in [2.05, 4.69) is 53.5 Å². The summed E-state index contributed by atoms with van der Waals surface area (Å²) in [7, 11) is -16.4. The van der Waals surface area contributed by atoms with Crippen LogP contribution in [0.25, 0.3) is 11.2 Å². The summed E-state index contributed by atoms with van der Waals surface area (Å²) in [6.45, 7) is 2.63. The molecule has 2 amide bonds. The van der Waals surface area contributed by atoms with Crippen LogP contribution in [0.1, 0.15) is 71.9 Å². The first kappa shape index (κ1) is 54.1. The number of aliphatic hydroxyl groups excluding tert-OH is 2. The van der Waals surface area contributed by atoms with Crippen molar-refractivity contribution in [3.8, 4) is 0 Å². The second-order valence-electron chi connectivity index (χ2n) is 14.6. The molecule has 0 saturated carbocycles. The van der Waals surface area contributed by atoms with Gasteiger partial charge in [-0.1, -0.05) is 75.8 Å². The molecule has 1 aliphatic heterocycles. The number of phosphoric acid groups is 3. The minimum atomic E-state index is -5.58. The molecule has 3 rings (SSSR count). The Morgan fingerprint density at radius 1 is 0.984 bits per heavy atom. The summed E-state index contributed by atoms with van der Waals surface area (Å²) in [5.74, 6) is -1.16. The van der Waals surface area contributed by atoms with E-state index in [0.717, 1.165) is 48.2 Å². The van der Waals surface area contributed by atoms with Gasteiger partial charge in [-0.3, -0.25) is 32.5 Å². The molecule has 24 nitrogen and oxygen atoms in total. The van der Waals surface area contributed by atoms with E-state index in [-0.39, 0.29) is 41.6 Å². The van der Waals surface area contributed by atoms with E-state index in [1.165, 1.54) is 39.2 Å². The molecule has 28 heteroatoms. The predicted octanol–water partition coefficient (Wildman–Crippen LogP) is 2.69. The monoisotopic (exact) mass is 971 g/mol. The number of fused-ring (bicyclic) bond motifs is 1. The van der Waals surface area contributed by atoms with Gasteiger partial charge >= 0.3 is 23.5 Å². The van der Waals surface area contributed by atoms with Crippen LogP contribution in [0.2, 0.25) is 0 Å². The Bertz CT molecular complexity index is 2070. The summed E-state index contributed by atoms with van der Waals surface area (Å²) in [6, 6.07) is 0. The first-order valence-electron chi connectivity index (χ1n) is 19.6. The molecule has 1 aliphatic rings. The molecule has 0 aliphatic carbocycles. The summed E-state index contributed by atoms with van der Waals surface area (Å²) < 4.78 is 62.3. The number of aliphatic hydroxyl groups is 2. The lowest BCUT2D eigenvalue weighted by Crippen LogP contribution is -2.46. The van der Waals surface area contributed by atoms with E-state index in [0.29, 0.717) is 5.75 Å². The number of imidazole rings is 1. The van der Waals surface area contributed by atoms with Crippen molar-refractivity contribution in [1.82, 2.24) is 30.2 Å². The Kier molecular flexibility index (Phi) is 21.9. The quantitative estimate of drug-likeness (QED) is 0.0195. The van der Waals surface area contributed by atoms with E-state index in [4.69, 9.17) is 19.5 Å². The van der Waals surface area contributed by atoms with Crippen molar-refractivity contribution in [1.29, 1.82) is 0 Å². The first-order valence-corrected chi connectivity index (χ1v) is 25.1. The SMILES string of the molecule is CCCCC/C=C\CC/C=C/C=C/C(=O)SCCNC(=O)CCNC(=O)[C@H](O)C(C)(C)COP(=O)(O)OP(=O)(O)OC[C@H]1O[C@@H](n2cnc3c(N)ncnc32)[C@H](O)[C@@H]1OP(=O)(O)O. The van der Waals surface area contributed by atoms with Crippen LogP contribution in [0.4, 0.5) is 5.82 Å². The molecule has 2 aromatic heterocycles. The Labute approximate surface area is 367 Å². The first-order chi connectivity index (χ1) is 29.6. The van der Waals surface area contributed by atoms with Gasteiger partial charge in [-0.05, 0) is 31.8 Å². The molecule has 2 unspecified atom stereocenters. The zero-order valence-electron chi connectivity index (χ0n) is 34.8. The molecule has 0 bridgehead atoms. The van der Waals surface area contributed by atoms with Crippen LogP contribution in [-0.4, -0.2) is 123 Å². The van der Waals surface area contributed by atoms with Gasteiger partial charge < -0.3 is 50.9 Å². The number of carbonyl (C=O) groups excluding carboxylic acids is 3. The molecule has 0 radical (unpaired) electrons. The van der Waals surface area contributed by atoms with Crippen molar-refractivity contribution in [2.75, 3.05) is 37.8 Å². The van der Waals surface area contributed by atoms with Crippen LogP contribution < -0.4 is 16.4 Å². The van der Waals surface area contributed by atoms with Crippen molar-refractivity contribution in [2.45, 2.75) is 96.4 Å². The zero-order valence-corrected chi connectivity index (χ0v) is 38.3. The molecule has 0 spiro atoms. The lowest BCUT2D eigenvalue weighted by molar-refractivity contribution is -0.137. The summed E-state index contributed by atoms with van der Waals surface area (Å²) in [5, 5.41) is 26.3. The summed E-state index contributed by atoms with van der Waals surface area (Å²) in [4.78, 5) is 87.9. The number of anilines is 1. The fourth-order valence-corrected chi connectivity index (χ4v) is 8.99. The molecule has 2 aromatic rings. The number of nitrogens with one attached hydrogen (secondary N) is 2. The summed E-state index contributed by atoms with van der Waals surface area (Å²) >= 11 is 1.02. The normalized spacial score (nSPS) is 21.0. The number of nitrogens with zero attached hydrogens (tertiary/aromatic N) is 4. The van der Waals surface area contributed by atoms with Crippen LogP contribution in [0.3, 0.4) is 0 Å². The molecule has 354 valence electrons. The van der Waals surface area contributed by atoms with Crippen molar-refractivity contribution in [3.63, 3.8) is 0 Å². The van der Waals surface area contributed by atoms with E-state index in [1.807, 2.05) is 12.2 Å². The van der Waals surface area contributed by atoms with Gasteiger partial charge in [-0.2, -0.15) is 4.31 Å². The number of phosphoric ester groups is 3. The Morgan fingerprint density at radius 2 is 1.68 bits per heavy atom. The standard InChI is InChI=1S/C35H56N7O17P3S/c1-4-5-6-7-8-9-10-11-12-13-14-15-26(44)63-19-18-37-25(43)16-17-38-33(47)30(46)35(2,3)21-56-62(53,54)59-61(51,52)55-20-24-29(58-60(48,49)50)28(45)34(57-24)42-23-41-27-31(36)39-22-40-32(27)42/h8-9,12-15,22-24,28-30,34,45-46H,4-7,10-11,16-21H2,1-3H3,(H,37,43)(H,38,47)(H,51,52)(H,53,54)(H2,36,39,40)(H2,48,49,50)/b9-8-,13-12+,15-14+/t24-,28-,29-,30+,34-/m1/s1. The predicted molar refractivity (Wildman–Crippen MR) is 228 cm³/mol. The lowest BCUT2D eigenvalue weighted by Gasteiger charge is -2.30. The van der Waals surface area contributed by atoms with Crippen LogP contribution in [-0.2, 0) is 50.7 Å². The number of hydrogen-bond acceptors (Lipinski definition) is 18. The maximum absolute atomic E-state index is 12.7.